The van der Waals surface area contributed by atoms with Gasteiger partial charge in [-0.1, -0.05) is 21.1 Å². The first-order valence-electron chi connectivity index (χ1n) is 4.76. The predicted molar refractivity (Wildman–Crippen MR) is 62.7 cm³/mol. The molecule has 0 atom stereocenters. The third-order valence-electron chi connectivity index (χ3n) is 2.10. The smallest absolute Gasteiger partial charge is 0.169 e. The van der Waals surface area contributed by atoms with Gasteiger partial charge in [-0.15, -0.1) is 0 Å². The molecule has 2 aromatic rings. The van der Waals surface area contributed by atoms with Crippen LogP contribution in [0.15, 0.2) is 33.3 Å². The van der Waals surface area contributed by atoms with E-state index in [0.29, 0.717) is 12.4 Å². The molecule has 1 N–H and O–H groups in total. The van der Waals surface area contributed by atoms with Gasteiger partial charge in [-0.2, -0.15) is 0 Å². The molecule has 0 saturated carbocycles. The number of nitrogens with zero attached hydrogens (tertiary/aromatic N) is 1. The first kappa shape index (κ1) is 11.1. The first-order valence-corrected chi connectivity index (χ1v) is 5.55. The van der Waals surface area contributed by atoms with Crippen LogP contribution in [-0.4, -0.2) is 5.16 Å². The van der Waals surface area contributed by atoms with E-state index in [0.717, 1.165) is 15.8 Å². The van der Waals surface area contributed by atoms with Crippen LogP contribution < -0.4 is 5.32 Å². The van der Waals surface area contributed by atoms with E-state index in [9.17, 15) is 4.39 Å². The molecule has 0 aliphatic rings. The highest BCUT2D eigenvalue weighted by Crippen LogP contribution is 2.19. The van der Waals surface area contributed by atoms with Crippen molar-refractivity contribution in [3.63, 3.8) is 0 Å². The van der Waals surface area contributed by atoms with Crippen LogP contribution in [0.5, 0.6) is 0 Å². The minimum Gasteiger partial charge on any atom is -0.363 e. The van der Waals surface area contributed by atoms with Gasteiger partial charge in [0.25, 0.3) is 0 Å². The molecule has 84 valence electrons. The second-order valence-corrected chi connectivity index (χ2v) is 4.27. The molecular weight excluding hydrogens is 275 g/mol. The highest BCUT2D eigenvalue weighted by molar-refractivity contribution is 9.10. The van der Waals surface area contributed by atoms with Crippen LogP contribution in [-0.2, 0) is 6.54 Å². The summed E-state index contributed by atoms with van der Waals surface area (Å²) in [5, 5.41) is 6.84. The van der Waals surface area contributed by atoms with Crippen molar-refractivity contribution < 1.29 is 8.91 Å². The summed E-state index contributed by atoms with van der Waals surface area (Å²) in [5.74, 6) is 1.13. The third-order valence-corrected chi connectivity index (χ3v) is 2.87. The van der Waals surface area contributed by atoms with Crippen LogP contribution in [0.25, 0.3) is 0 Å². The molecule has 0 amide bonds. The van der Waals surface area contributed by atoms with Crippen molar-refractivity contribution in [1.29, 1.82) is 0 Å². The topological polar surface area (TPSA) is 38.1 Å². The molecule has 2 rings (SSSR count). The molecule has 3 nitrogen and oxygen atoms in total. The van der Waals surface area contributed by atoms with Crippen LogP contribution in [0.1, 0.15) is 11.3 Å². The number of halogens is 2. The first-order chi connectivity index (χ1) is 7.65. The number of nitrogens with one attached hydrogen (secondary N) is 1. The van der Waals surface area contributed by atoms with E-state index in [1.165, 1.54) is 12.1 Å². The predicted octanol–water partition coefficient (Wildman–Crippen LogP) is 3.50. The van der Waals surface area contributed by atoms with Crippen molar-refractivity contribution in [3.8, 4) is 0 Å². The van der Waals surface area contributed by atoms with Crippen LogP contribution in [0.4, 0.5) is 10.2 Å². The highest BCUT2D eigenvalue weighted by atomic mass is 79.9. The molecule has 1 aromatic carbocycles. The SMILES string of the molecule is Cc1cc(NCc2cc(F)ccc2Br)no1. The van der Waals surface area contributed by atoms with Crippen LogP contribution >= 0.6 is 15.9 Å². The zero-order valence-electron chi connectivity index (χ0n) is 8.63. The second-order valence-electron chi connectivity index (χ2n) is 3.41. The maximum absolute atomic E-state index is 13.0. The number of hydrogen-bond donors (Lipinski definition) is 1. The Hall–Kier alpha value is -1.36. The van der Waals surface area contributed by atoms with Gasteiger partial charge in [0.15, 0.2) is 5.82 Å². The Bertz CT molecular complexity index is 498. The molecule has 1 heterocycles. The molecule has 0 aliphatic carbocycles. The van der Waals surface area contributed by atoms with Crippen molar-refractivity contribution >= 4 is 21.7 Å². The molecule has 0 saturated heterocycles. The van der Waals surface area contributed by atoms with Gasteiger partial charge in [-0.05, 0) is 30.7 Å². The van der Waals surface area contributed by atoms with Gasteiger partial charge in [-0.3, -0.25) is 0 Å². The summed E-state index contributed by atoms with van der Waals surface area (Å²) >= 11 is 3.36. The van der Waals surface area contributed by atoms with Crippen molar-refractivity contribution in [2.45, 2.75) is 13.5 Å². The molecule has 0 spiro atoms. The Labute approximate surface area is 101 Å². The summed E-state index contributed by atoms with van der Waals surface area (Å²) in [6.45, 7) is 2.31. The molecule has 0 unspecified atom stereocenters. The highest BCUT2D eigenvalue weighted by Gasteiger charge is 2.03. The average molecular weight is 285 g/mol. The van der Waals surface area contributed by atoms with Crippen molar-refractivity contribution in [1.82, 2.24) is 5.16 Å². The van der Waals surface area contributed by atoms with Crippen LogP contribution in [0, 0.1) is 12.7 Å². The van der Waals surface area contributed by atoms with E-state index in [1.807, 2.05) is 6.92 Å². The largest absolute Gasteiger partial charge is 0.363 e. The van der Waals surface area contributed by atoms with Crippen LogP contribution in [0.3, 0.4) is 0 Å². The molecule has 0 bridgehead atoms. The monoisotopic (exact) mass is 284 g/mol. The Balaban J connectivity index is 2.07. The normalized spacial score (nSPS) is 10.4. The number of aryl methyl sites for hydroxylation is 1. The Morgan fingerprint density at radius 1 is 1.44 bits per heavy atom. The molecule has 0 fully saturated rings. The fourth-order valence-electron chi connectivity index (χ4n) is 1.31. The van der Waals surface area contributed by atoms with Gasteiger partial charge in [-0.25, -0.2) is 4.39 Å². The van der Waals surface area contributed by atoms with Crippen molar-refractivity contribution in [3.05, 3.63) is 45.9 Å². The summed E-state index contributed by atoms with van der Waals surface area (Å²) in [7, 11) is 0. The van der Waals surface area contributed by atoms with Crippen molar-refractivity contribution in [2.75, 3.05) is 5.32 Å². The lowest BCUT2D eigenvalue weighted by atomic mass is 10.2. The number of rotatable bonds is 3. The molecule has 5 heteroatoms. The zero-order chi connectivity index (χ0) is 11.5. The lowest BCUT2D eigenvalue weighted by Gasteiger charge is -2.05. The summed E-state index contributed by atoms with van der Waals surface area (Å²) < 4.78 is 18.8. The van der Waals surface area contributed by atoms with Gasteiger partial charge in [0.2, 0.25) is 0 Å². The van der Waals surface area contributed by atoms with E-state index in [2.05, 4.69) is 26.4 Å². The van der Waals surface area contributed by atoms with E-state index < -0.39 is 0 Å². The summed E-state index contributed by atoms with van der Waals surface area (Å²) in [5.41, 5.74) is 0.834. The molecular formula is C11H10BrFN2O. The van der Waals surface area contributed by atoms with Crippen LogP contribution in [0.2, 0.25) is 0 Å². The maximum atomic E-state index is 13.0. The standard InChI is InChI=1S/C11H10BrFN2O/c1-7-4-11(15-16-7)14-6-8-5-9(13)2-3-10(8)12/h2-5H,6H2,1H3,(H,14,15). The Kier molecular flexibility index (Phi) is 3.24. The van der Waals surface area contributed by atoms with Gasteiger partial charge < -0.3 is 9.84 Å². The van der Waals surface area contributed by atoms with Crippen molar-refractivity contribution in [2.24, 2.45) is 0 Å². The third kappa shape index (κ3) is 2.61. The Morgan fingerprint density at radius 3 is 2.94 bits per heavy atom. The summed E-state index contributed by atoms with van der Waals surface area (Å²) in [4.78, 5) is 0. The molecule has 1 aromatic heterocycles. The van der Waals surface area contributed by atoms with E-state index >= 15 is 0 Å². The number of hydrogen-bond acceptors (Lipinski definition) is 3. The fraction of sp³-hybridized carbons (Fsp3) is 0.182. The number of aromatic nitrogens is 1. The zero-order valence-corrected chi connectivity index (χ0v) is 10.2. The summed E-state index contributed by atoms with van der Waals surface area (Å²) in [6.07, 6.45) is 0. The maximum Gasteiger partial charge on any atom is 0.169 e. The van der Waals surface area contributed by atoms with Gasteiger partial charge in [0, 0.05) is 17.1 Å². The number of anilines is 1. The minimum absolute atomic E-state index is 0.253. The fourth-order valence-corrected chi connectivity index (χ4v) is 1.70. The van der Waals surface area contributed by atoms with Gasteiger partial charge in [0.1, 0.15) is 11.6 Å². The van der Waals surface area contributed by atoms with E-state index in [1.54, 1.807) is 12.1 Å². The molecule has 0 aliphatic heterocycles. The number of benzene rings is 1. The molecule has 16 heavy (non-hydrogen) atoms. The molecule has 0 radical (unpaired) electrons. The summed E-state index contributed by atoms with van der Waals surface area (Å²) in [6, 6.07) is 6.35. The van der Waals surface area contributed by atoms with E-state index in [-0.39, 0.29) is 5.82 Å². The Morgan fingerprint density at radius 2 is 2.25 bits per heavy atom. The average Bonchev–Trinajstić information content (AvgIpc) is 2.66. The lowest BCUT2D eigenvalue weighted by Crippen LogP contribution is -2.00. The van der Waals surface area contributed by atoms with Gasteiger partial charge in [0.05, 0.1) is 0 Å². The van der Waals surface area contributed by atoms with Gasteiger partial charge >= 0.3 is 0 Å². The second kappa shape index (κ2) is 4.65. The lowest BCUT2D eigenvalue weighted by molar-refractivity contribution is 0.399. The minimum atomic E-state index is -0.253. The van der Waals surface area contributed by atoms with E-state index in [4.69, 9.17) is 4.52 Å². The quantitative estimate of drug-likeness (QED) is 0.938.